The highest BCUT2D eigenvalue weighted by Gasteiger charge is 2.38. The van der Waals surface area contributed by atoms with Gasteiger partial charge in [0.25, 0.3) is 0 Å². The van der Waals surface area contributed by atoms with Gasteiger partial charge < -0.3 is 5.11 Å². The molecule has 62 valence electrons. The molecule has 2 fully saturated rings. The summed E-state index contributed by atoms with van der Waals surface area (Å²) in [5, 5.41) is 8.86. The van der Waals surface area contributed by atoms with Crippen LogP contribution in [0.5, 0.6) is 0 Å². The van der Waals surface area contributed by atoms with Crippen LogP contribution in [-0.2, 0) is 4.79 Å². The molecule has 0 radical (unpaired) electrons. The fourth-order valence-corrected chi connectivity index (χ4v) is 2.72. The van der Waals surface area contributed by atoms with Crippen LogP contribution in [0, 0.1) is 17.8 Å². The number of rotatable bonds is 1. The standard InChI is InChI=1S/C9H14O2/c10-9(11)8-4-2-6-1-3-7(8)5-6/h6-8H,1-5H2,(H,10,11)/t6-,7-,8-/m1/s1. The monoisotopic (exact) mass is 154 g/mol. The van der Waals surface area contributed by atoms with Crippen molar-refractivity contribution in [2.24, 2.45) is 17.8 Å². The number of fused-ring (bicyclic) bond motifs is 2. The van der Waals surface area contributed by atoms with Gasteiger partial charge in [0.2, 0.25) is 0 Å². The second-order valence-electron chi connectivity index (χ2n) is 3.96. The van der Waals surface area contributed by atoms with Crippen LogP contribution >= 0.6 is 0 Å². The molecule has 3 atom stereocenters. The SMILES string of the molecule is O=C(O)[C@@H]1CC[C@H]2CC[C@@H]1C2. The highest BCUT2D eigenvalue weighted by Crippen LogP contribution is 2.45. The van der Waals surface area contributed by atoms with Gasteiger partial charge in [-0.15, -0.1) is 0 Å². The molecular formula is C9H14O2. The Labute approximate surface area is 66.6 Å². The molecule has 2 bridgehead atoms. The lowest BCUT2D eigenvalue weighted by atomic mass is 9.80. The number of carbonyl (C=O) groups is 1. The first-order chi connectivity index (χ1) is 5.27. The molecule has 0 aromatic rings. The molecule has 0 heterocycles. The second kappa shape index (κ2) is 2.50. The predicted molar refractivity (Wildman–Crippen MR) is 41.2 cm³/mol. The minimum atomic E-state index is -0.560. The van der Waals surface area contributed by atoms with E-state index in [1.54, 1.807) is 0 Å². The van der Waals surface area contributed by atoms with Crippen molar-refractivity contribution in [1.29, 1.82) is 0 Å². The van der Waals surface area contributed by atoms with Gasteiger partial charge in [0.05, 0.1) is 5.92 Å². The van der Waals surface area contributed by atoms with E-state index in [0.29, 0.717) is 5.92 Å². The molecule has 0 spiro atoms. The summed E-state index contributed by atoms with van der Waals surface area (Å²) in [4.78, 5) is 10.7. The normalized spacial score (nSPS) is 42.4. The van der Waals surface area contributed by atoms with Gasteiger partial charge in [-0.25, -0.2) is 0 Å². The van der Waals surface area contributed by atoms with E-state index in [-0.39, 0.29) is 5.92 Å². The number of hydrogen-bond acceptors (Lipinski definition) is 1. The van der Waals surface area contributed by atoms with Gasteiger partial charge in [-0.1, -0.05) is 6.42 Å². The van der Waals surface area contributed by atoms with E-state index < -0.39 is 5.97 Å². The molecule has 2 aliphatic rings. The van der Waals surface area contributed by atoms with E-state index in [9.17, 15) is 4.79 Å². The van der Waals surface area contributed by atoms with E-state index in [2.05, 4.69) is 0 Å². The van der Waals surface area contributed by atoms with Crippen LogP contribution in [-0.4, -0.2) is 11.1 Å². The van der Waals surface area contributed by atoms with E-state index in [1.165, 1.54) is 19.3 Å². The van der Waals surface area contributed by atoms with Crippen molar-refractivity contribution >= 4 is 5.97 Å². The number of hydrogen-bond donors (Lipinski definition) is 1. The van der Waals surface area contributed by atoms with Gasteiger partial charge >= 0.3 is 5.97 Å². The lowest BCUT2D eigenvalue weighted by molar-refractivity contribution is -0.144. The van der Waals surface area contributed by atoms with Gasteiger partial charge in [-0.2, -0.15) is 0 Å². The van der Waals surface area contributed by atoms with Crippen LogP contribution in [0.1, 0.15) is 32.1 Å². The minimum Gasteiger partial charge on any atom is -0.481 e. The first-order valence-corrected chi connectivity index (χ1v) is 4.50. The first kappa shape index (κ1) is 7.14. The Kier molecular flexibility index (Phi) is 1.63. The van der Waals surface area contributed by atoms with Crippen LogP contribution in [0.2, 0.25) is 0 Å². The van der Waals surface area contributed by atoms with Crippen LogP contribution in [0.25, 0.3) is 0 Å². The van der Waals surface area contributed by atoms with Crippen molar-refractivity contribution in [3.05, 3.63) is 0 Å². The molecule has 2 nitrogen and oxygen atoms in total. The van der Waals surface area contributed by atoms with Gasteiger partial charge in [-0.05, 0) is 37.5 Å². The Morgan fingerprint density at radius 2 is 1.91 bits per heavy atom. The summed E-state index contributed by atoms with van der Waals surface area (Å²) in [6, 6.07) is 0. The topological polar surface area (TPSA) is 37.3 Å². The van der Waals surface area contributed by atoms with Crippen LogP contribution in [0.4, 0.5) is 0 Å². The quantitative estimate of drug-likeness (QED) is 0.626. The summed E-state index contributed by atoms with van der Waals surface area (Å²) >= 11 is 0. The van der Waals surface area contributed by atoms with E-state index in [1.807, 2.05) is 0 Å². The number of aliphatic carboxylic acids is 1. The van der Waals surface area contributed by atoms with Crippen molar-refractivity contribution in [3.63, 3.8) is 0 Å². The van der Waals surface area contributed by atoms with Crippen LogP contribution < -0.4 is 0 Å². The Balaban J connectivity index is 2.07. The molecule has 2 heteroatoms. The Hall–Kier alpha value is -0.530. The smallest absolute Gasteiger partial charge is 0.306 e. The van der Waals surface area contributed by atoms with Gasteiger partial charge in [-0.3, -0.25) is 4.79 Å². The average molecular weight is 154 g/mol. The van der Waals surface area contributed by atoms with Crippen molar-refractivity contribution in [1.82, 2.24) is 0 Å². The molecule has 0 saturated heterocycles. The third kappa shape index (κ3) is 1.15. The van der Waals surface area contributed by atoms with Gasteiger partial charge in [0.1, 0.15) is 0 Å². The third-order valence-corrected chi connectivity index (χ3v) is 3.35. The molecule has 2 saturated carbocycles. The molecule has 0 aromatic heterocycles. The Morgan fingerprint density at radius 1 is 1.18 bits per heavy atom. The maximum absolute atomic E-state index is 10.7. The summed E-state index contributed by atoms with van der Waals surface area (Å²) in [6.07, 6.45) is 5.74. The fourth-order valence-electron chi connectivity index (χ4n) is 2.72. The van der Waals surface area contributed by atoms with Gasteiger partial charge in [0.15, 0.2) is 0 Å². The lowest BCUT2D eigenvalue weighted by Gasteiger charge is -2.24. The largest absolute Gasteiger partial charge is 0.481 e. The molecule has 1 N–H and O–H groups in total. The lowest BCUT2D eigenvalue weighted by Crippen LogP contribution is -2.25. The summed E-state index contributed by atoms with van der Waals surface area (Å²) in [6.45, 7) is 0. The minimum absolute atomic E-state index is 0.00579. The maximum atomic E-state index is 10.7. The molecule has 2 aliphatic carbocycles. The summed E-state index contributed by atoms with van der Waals surface area (Å²) < 4.78 is 0. The number of carboxylic acids is 1. The molecule has 0 unspecified atom stereocenters. The summed E-state index contributed by atoms with van der Waals surface area (Å²) in [5.74, 6) is 0.825. The average Bonchev–Trinajstić information content (AvgIpc) is 2.32. The van der Waals surface area contributed by atoms with Crippen molar-refractivity contribution in [2.45, 2.75) is 32.1 Å². The van der Waals surface area contributed by atoms with E-state index in [0.717, 1.165) is 18.8 Å². The van der Waals surface area contributed by atoms with Crippen LogP contribution in [0.3, 0.4) is 0 Å². The van der Waals surface area contributed by atoms with Crippen molar-refractivity contribution in [3.8, 4) is 0 Å². The molecule has 0 aromatic carbocycles. The third-order valence-electron chi connectivity index (χ3n) is 3.35. The predicted octanol–water partition coefficient (Wildman–Crippen LogP) is 1.90. The maximum Gasteiger partial charge on any atom is 0.306 e. The highest BCUT2D eigenvalue weighted by atomic mass is 16.4. The summed E-state index contributed by atoms with van der Waals surface area (Å²) in [5.41, 5.74) is 0. The second-order valence-corrected chi connectivity index (χ2v) is 3.96. The molecular weight excluding hydrogens is 140 g/mol. The molecule has 11 heavy (non-hydrogen) atoms. The fraction of sp³-hybridized carbons (Fsp3) is 0.889. The van der Waals surface area contributed by atoms with Crippen molar-refractivity contribution < 1.29 is 9.90 Å². The number of carboxylic acid groups (broad SMARTS) is 1. The van der Waals surface area contributed by atoms with E-state index in [4.69, 9.17) is 5.11 Å². The van der Waals surface area contributed by atoms with E-state index >= 15 is 0 Å². The Bertz CT molecular complexity index is 176. The first-order valence-electron chi connectivity index (χ1n) is 4.50. The zero-order valence-corrected chi connectivity index (χ0v) is 6.62. The summed E-state index contributed by atoms with van der Waals surface area (Å²) in [7, 11) is 0. The van der Waals surface area contributed by atoms with Crippen LogP contribution in [0.15, 0.2) is 0 Å². The molecule has 0 aliphatic heterocycles. The molecule has 0 amide bonds. The Morgan fingerprint density at radius 3 is 2.64 bits per heavy atom. The molecule has 2 rings (SSSR count). The highest BCUT2D eigenvalue weighted by molar-refractivity contribution is 5.70. The zero-order chi connectivity index (χ0) is 7.84. The van der Waals surface area contributed by atoms with Crippen molar-refractivity contribution in [2.75, 3.05) is 0 Å². The van der Waals surface area contributed by atoms with Gasteiger partial charge in [0, 0.05) is 0 Å². The zero-order valence-electron chi connectivity index (χ0n) is 6.62.